The van der Waals surface area contributed by atoms with E-state index < -0.39 is 0 Å². The average molecular weight is 255 g/mol. The predicted molar refractivity (Wildman–Crippen MR) is 77.4 cm³/mol. The van der Waals surface area contributed by atoms with Gasteiger partial charge in [-0.15, -0.1) is 0 Å². The largest absolute Gasteiger partial charge is 0.276 e. The molecule has 2 bridgehead atoms. The van der Waals surface area contributed by atoms with E-state index in [-0.39, 0.29) is 16.7 Å². The van der Waals surface area contributed by atoms with Crippen molar-refractivity contribution in [1.82, 2.24) is 0 Å². The molecule has 2 aliphatic rings. The van der Waals surface area contributed by atoms with Gasteiger partial charge in [0.2, 0.25) is 0 Å². The fourth-order valence-corrected chi connectivity index (χ4v) is 3.87. The van der Waals surface area contributed by atoms with E-state index in [1.807, 2.05) is 30.3 Å². The van der Waals surface area contributed by atoms with Crippen molar-refractivity contribution in [3.63, 3.8) is 0 Å². The van der Waals surface area contributed by atoms with E-state index >= 15 is 0 Å². The number of rotatable bonds is 1. The molecule has 0 spiro atoms. The highest BCUT2D eigenvalue weighted by Gasteiger charge is 2.59. The Morgan fingerprint density at radius 1 is 1.21 bits per heavy atom. The number of aliphatic imine (C=N–C) groups is 1. The molecule has 0 saturated heterocycles. The third kappa shape index (κ3) is 1.69. The Morgan fingerprint density at radius 2 is 1.89 bits per heavy atom. The van der Waals surface area contributed by atoms with Gasteiger partial charge in [0.15, 0.2) is 0 Å². The van der Waals surface area contributed by atoms with Crippen LogP contribution in [0, 0.1) is 16.7 Å². The van der Waals surface area contributed by atoms with Crippen LogP contribution in [-0.2, 0) is 0 Å². The molecule has 19 heavy (non-hydrogen) atoms. The molecule has 0 aromatic heterocycles. The number of carbonyl (C=O) groups excluding carboxylic acids is 1. The standard InChI is InChI=1S/C17H21NO/c1-16(2)13-9-10-17(16,3)14(11-13)18-15(19)12-7-5-4-6-8-12/h4-8,13H,9-11H2,1-3H3/t13-,17-/m1/s1. The van der Waals surface area contributed by atoms with Crippen LogP contribution in [0.4, 0.5) is 0 Å². The lowest BCUT2D eigenvalue weighted by molar-refractivity contribution is 0.100. The molecule has 2 fully saturated rings. The monoisotopic (exact) mass is 255 g/mol. The summed E-state index contributed by atoms with van der Waals surface area (Å²) in [6.07, 6.45) is 3.45. The average Bonchev–Trinajstić information content (AvgIpc) is 2.73. The third-order valence-electron chi connectivity index (χ3n) is 5.77. The van der Waals surface area contributed by atoms with Gasteiger partial charge in [-0.05, 0) is 42.7 Å². The van der Waals surface area contributed by atoms with E-state index in [0.717, 1.165) is 12.1 Å². The summed E-state index contributed by atoms with van der Waals surface area (Å²) in [4.78, 5) is 16.7. The number of nitrogens with zero attached hydrogens (tertiary/aromatic N) is 1. The Labute approximate surface area is 114 Å². The zero-order chi connectivity index (χ0) is 13.7. The van der Waals surface area contributed by atoms with Crippen molar-refractivity contribution in [2.24, 2.45) is 21.7 Å². The maximum Gasteiger partial charge on any atom is 0.276 e. The van der Waals surface area contributed by atoms with E-state index in [1.54, 1.807) is 0 Å². The van der Waals surface area contributed by atoms with Gasteiger partial charge >= 0.3 is 0 Å². The molecular formula is C17H21NO. The molecule has 1 amide bonds. The molecule has 1 aromatic rings. The quantitative estimate of drug-likeness (QED) is 0.742. The van der Waals surface area contributed by atoms with Crippen molar-refractivity contribution in [2.75, 3.05) is 0 Å². The Bertz CT molecular complexity index is 544. The van der Waals surface area contributed by atoms with Crippen LogP contribution in [0.5, 0.6) is 0 Å². The van der Waals surface area contributed by atoms with E-state index in [0.29, 0.717) is 11.5 Å². The second kappa shape index (κ2) is 4.03. The van der Waals surface area contributed by atoms with Gasteiger partial charge in [0.25, 0.3) is 5.91 Å². The van der Waals surface area contributed by atoms with Crippen LogP contribution in [0.1, 0.15) is 50.4 Å². The van der Waals surface area contributed by atoms with E-state index in [2.05, 4.69) is 25.8 Å². The highest BCUT2D eigenvalue weighted by molar-refractivity contribution is 6.07. The Hall–Kier alpha value is -1.44. The number of hydrogen-bond acceptors (Lipinski definition) is 1. The molecule has 2 aliphatic carbocycles. The maximum absolute atomic E-state index is 12.2. The molecule has 0 N–H and O–H groups in total. The number of carbonyl (C=O) groups is 1. The topological polar surface area (TPSA) is 29.4 Å². The minimum absolute atomic E-state index is 0.0832. The molecule has 2 atom stereocenters. The number of hydrogen-bond donors (Lipinski definition) is 0. The molecule has 0 unspecified atom stereocenters. The summed E-state index contributed by atoms with van der Waals surface area (Å²) < 4.78 is 0. The van der Waals surface area contributed by atoms with Crippen LogP contribution in [0.2, 0.25) is 0 Å². The van der Waals surface area contributed by atoms with Gasteiger partial charge in [-0.2, -0.15) is 0 Å². The van der Waals surface area contributed by atoms with Crippen molar-refractivity contribution in [3.8, 4) is 0 Å². The van der Waals surface area contributed by atoms with Gasteiger partial charge in [-0.25, -0.2) is 4.99 Å². The maximum atomic E-state index is 12.2. The summed E-state index contributed by atoms with van der Waals surface area (Å²) in [5, 5.41) is 0. The third-order valence-corrected chi connectivity index (χ3v) is 5.77. The molecule has 0 heterocycles. The van der Waals surface area contributed by atoms with E-state index in [4.69, 9.17) is 0 Å². The van der Waals surface area contributed by atoms with Crippen molar-refractivity contribution in [3.05, 3.63) is 35.9 Å². The molecular weight excluding hydrogens is 234 g/mol. The summed E-state index contributed by atoms with van der Waals surface area (Å²) in [5.74, 6) is 0.611. The first kappa shape index (κ1) is 12.6. The fourth-order valence-electron chi connectivity index (χ4n) is 3.87. The number of amides is 1. The van der Waals surface area contributed by atoms with Crippen LogP contribution < -0.4 is 0 Å². The van der Waals surface area contributed by atoms with Gasteiger partial charge in [-0.3, -0.25) is 4.79 Å². The lowest BCUT2D eigenvalue weighted by atomic mass is 9.70. The number of benzene rings is 1. The Morgan fingerprint density at radius 3 is 2.42 bits per heavy atom. The summed E-state index contributed by atoms with van der Waals surface area (Å²) >= 11 is 0. The fraction of sp³-hybridized carbons (Fsp3) is 0.529. The van der Waals surface area contributed by atoms with E-state index in [9.17, 15) is 4.79 Å². The van der Waals surface area contributed by atoms with Crippen molar-refractivity contribution in [1.29, 1.82) is 0 Å². The summed E-state index contributed by atoms with van der Waals surface area (Å²) in [5.41, 5.74) is 2.21. The zero-order valence-electron chi connectivity index (χ0n) is 11.9. The number of fused-ring (bicyclic) bond motifs is 2. The summed E-state index contributed by atoms with van der Waals surface area (Å²) in [7, 11) is 0. The first-order chi connectivity index (χ1) is 8.95. The highest BCUT2D eigenvalue weighted by Crippen LogP contribution is 2.64. The molecule has 2 heteroatoms. The molecule has 3 rings (SSSR count). The van der Waals surface area contributed by atoms with Gasteiger partial charge in [0, 0.05) is 16.7 Å². The highest BCUT2D eigenvalue weighted by atomic mass is 16.1. The lowest BCUT2D eigenvalue weighted by Crippen LogP contribution is -2.33. The lowest BCUT2D eigenvalue weighted by Gasteiger charge is -2.34. The summed E-state index contributed by atoms with van der Waals surface area (Å²) in [6, 6.07) is 9.38. The second-order valence-electron chi connectivity index (χ2n) is 6.72. The van der Waals surface area contributed by atoms with Crippen molar-refractivity contribution in [2.45, 2.75) is 40.0 Å². The van der Waals surface area contributed by atoms with Crippen LogP contribution in [-0.4, -0.2) is 11.6 Å². The predicted octanol–water partition coefficient (Wildman–Crippen LogP) is 4.11. The van der Waals surface area contributed by atoms with E-state index in [1.165, 1.54) is 12.8 Å². The van der Waals surface area contributed by atoms with Gasteiger partial charge in [-0.1, -0.05) is 39.0 Å². The molecule has 1 aromatic carbocycles. The Kier molecular flexibility index (Phi) is 2.67. The summed E-state index contributed by atoms with van der Waals surface area (Å²) in [6.45, 7) is 6.96. The normalized spacial score (nSPS) is 33.8. The molecule has 2 nitrogen and oxygen atoms in total. The molecule has 0 radical (unpaired) electrons. The second-order valence-corrected chi connectivity index (χ2v) is 6.72. The first-order valence-corrected chi connectivity index (χ1v) is 7.12. The van der Waals surface area contributed by atoms with Gasteiger partial charge < -0.3 is 0 Å². The molecule has 2 saturated carbocycles. The minimum Gasteiger partial charge on any atom is -0.267 e. The van der Waals surface area contributed by atoms with Crippen molar-refractivity contribution < 1.29 is 4.79 Å². The molecule has 100 valence electrons. The van der Waals surface area contributed by atoms with Crippen molar-refractivity contribution >= 4 is 11.6 Å². The van der Waals surface area contributed by atoms with Crippen LogP contribution in [0.25, 0.3) is 0 Å². The minimum atomic E-state index is -0.0832. The van der Waals surface area contributed by atoms with Gasteiger partial charge in [0.1, 0.15) is 0 Å². The smallest absolute Gasteiger partial charge is 0.267 e. The van der Waals surface area contributed by atoms with Crippen LogP contribution in [0.15, 0.2) is 35.3 Å². The van der Waals surface area contributed by atoms with Crippen LogP contribution >= 0.6 is 0 Å². The SMILES string of the molecule is CC1(C)[C@@H]2CC[C@]1(C)C(=NC(=O)c1ccccc1)C2. The van der Waals surface area contributed by atoms with Crippen LogP contribution in [0.3, 0.4) is 0 Å². The Balaban J connectivity index is 1.93. The first-order valence-electron chi connectivity index (χ1n) is 7.12. The zero-order valence-corrected chi connectivity index (χ0v) is 11.9. The molecule has 0 aliphatic heterocycles. The van der Waals surface area contributed by atoms with Gasteiger partial charge in [0.05, 0.1) is 0 Å².